The maximum Gasteiger partial charge on any atom is 0.145 e. The lowest BCUT2D eigenvalue weighted by Gasteiger charge is -2.01. The quantitative estimate of drug-likeness (QED) is 0.734. The van der Waals surface area contributed by atoms with Crippen molar-refractivity contribution in [1.29, 1.82) is 0 Å². The van der Waals surface area contributed by atoms with E-state index >= 15 is 0 Å². The van der Waals surface area contributed by atoms with E-state index in [-0.39, 0.29) is 6.10 Å². The molecule has 0 spiro atoms. The van der Waals surface area contributed by atoms with Crippen LogP contribution in [0, 0.1) is 0 Å². The predicted molar refractivity (Wildman–Crippen MR) is 51.5 cm³/mol. The van der Waals surface area contributed by atoms with Crippen LogP contribution in [0.1, 0.15) is 12.0 Å². The van der Waals surface area contributed by atoms with Crippen molar-refractivity contribution in [3.63, 3.8) is 0 Å². The maximum absolute atomic E-state index is 5.48. The third kappa shape index (κ3) is 1.70. The Balaban J connectivity index is 2.12. The molecule has 2 rings (SSSR count). The number of rotatable bonds is 2. The Kier molecular flexibility index (Phi) is 2.27. The summed E-state index contributed by atoms with van der Waals surface area (Å²) in [5, 5.41) is 3.99. The molecule has 0 saturated carbocycles. The fourth-order valence-corrected chi connectivity index (χ4v) is 1.36. The Labute approximate surface area is 77.2 Å². The highest BCUT2D eigenvalue weighted by Gasteiger charge is 2.19. The van der Waals surface area contributed by atoms with Crippen LogP contribution in [0.25, 0.3) is 0 Å². The van der Waals surface area contributed by atoms with Crippen molar-refractivity contribution in [2.75, 3.05) is 6.54 Å². The predicted octanol–water partition coefficient (Wildman–Crippen LogP) is 1.14. The van der Waals surface area contributed by atoms with Gasteiger partial charge in [-0.25, -0.2) is 0 Å². The fraction of sp³-hybridized carbons (Fsp3) is 0.300. The summed E-state index contributed by atoms with van der Waals surface area (Å²) in [4.78, 5) is 5.13. The Bertz CT molecular complexity index is 308. The molecule has 0 unspecified atom stereocenters. The van der Waals surface area contributed by atoms with E-state index in [1.807, 2.05) is 30.3 Å². The van der Waals surface area contributed by atoms with Gasteiger partial charge in [-0.1, -0.05) is 35.5 Å². The van der Waals surface area contributed by atoms with Gasteiger partial charge in [0.2, 0.25) is 0 Å². The summed E-state index contributed by atoms with van der Waals surface area (Å²) >= 11 is 0. The SMILES string of the molecule is NC[C@H]1CC(c2ccccc2)=NO1. The molecule has 2 N–H and O–H groups in total. The highest BCUT2D eigenvalue weighted by Crippen LogP contribution is 2.15. The number of hydrogen-bond donors (Lipinski definition) is 1. The molecule has 1 aliphatic rings. The van der Waals surface area contributed by atoms with E-state index in [4.69, 9.17) is 10.6 Å². The van der Waals surface area contributed by atoms with Gasteiger partial charge in [-0.3, -0.25) is 0 Å². The van der Waals surface area contributed by atoms with Gasteiger partial charge in [0.1, 0.15) is 6.10 Å². The molecule has 0 fully saturated rings. The zero-order chi connectivity index (χ0) is 9.10. The Hall–Kier alpha value is -1.35. The fourth-order valence-electron chi connectivity index (χ4n) is 1.36. The topological polar surface area (TPSA) is 47.6 Å². The minimum Gasteiger partial charge on any atom is -0.390 e. The molecular formula is C10H12N2O. The first-order valence-electron chi connectivity index (χ1n) is 4.38. The largest absolute Gasteiger partial charge is 0.390 e. The highest BCUT2D eigenvalue weighted by molar-refractivity contribution is 6.01. The van der Waals surface area contributed by atoms with Gasteiger partial charge in [-0.15, -0.1) is 0 Å². The van der Waals surface area contributed by atoms with Gasteiger partial charge in [0.05, 0.1) is 5.71 Å². The highest BCUT2D eigenvalue weighted by atomic mass is 16.6. The van der Waals surface area contributed by atoms with Crippen LogP contribution in [0.2, 0.25) is 0 Å². The Morgan fingerprint density at radius 1 is 1.38 bits per heavy atom. The minimum atomic E-state index is 0.0650. The molecule has 1 heterocycles. The normalized spacial score (nSPS) is 21.0. The maximum atomic E-state index is 5.48. The summed E-state index contributed by atoms with van der Waals surface area (Å²) < 4.78 is 0. The standard InChI is InChI=1S/C10H12N2O/c11-7-9-6-10(12-13-9)8-4-2-1-3-5-8/h1-5,9H,6-7,11H2/t9-/m1/s1. The molecule has 1 aromatic rings. The van der Waals surface area contributed by atoms with E-state index in [1.165, 1.54) is 0 Å². The number of hydrogen-bond acceptors (Lipinski definition) is 3. The van der Waals surface area contributed by atoms with Crippen LogP contribution in [0.3, 0.4) is 0 Å². The smallest absolute Gasteiger partial charge is 0.145 e. The van der Waals surface area contributed by atoms with Gasteiger partial charge in [-0.2, -0.15) is 0 Å². The first-order valence-corrected chi connectivity index (χ1v) is 4.38. The average Bonchev–Trinajstić information content (AvgIpc) is 2.67. The van der Waals surface area contributed by atoms with E-state index in [2.05, 4.69) is 5.16 Å². The lowest BCUT2D eigenvalue weighted by atomic mass is 10.1. The summed E-state index contributed by atoms with van der Waals surface area (Å²) in [5.41, 5.74) is 7.60. The zero-order valence-electron chi connectivity index (χ0n) is 7.31. The van der Waals surface area contributed by atoms with Gasteiger partial charge in [-0.05, 0) is 5.56 Å². The monoisotopic (exact) mass is 176 g/mol. The van der Waals surface area contributed by atoms with Crippen molar-refractivity contribution in [3.8, 4) is 0 Å². The molecule has 3 heteroatoms. The zero-order valence-corrected chi connectivity index (χ0v) is 7.31. The molecular weight excluding hydrogens is 164 g/mol. The van der Waals surface area contributed by atoms with Gasteiger partial charge in [0.25, 0.3) is 0 Å². The molecule has 0 radical (unpaired) electrons. The van der Waals surface area contributed by atoms with Crippen molar-refractivity contribution in [3.05, 3.63) is 35.9 Å². The number of benzene rings is 1. The summed E-state index contributed by atoms with van der Waals surface area (Å²) in [5.74, 6) is 0. The van der Waals surface area contributed by atoms with Crippen LogP contribution in [0.4, 0.5) is 0 Å². The average molecular weight is 176 g/mol. The summed E-state index contributed by atoms with van der Waals surface area (Å²) in [7, 11) is 0. The van der Waals surface area contributed by atoms with Gasteiger partial charge in [0, 0.05) is 13.0 Å². The second-order valence-corrected chi connectivity index (χ2v) is 3.07. The van der Waals surface area contributed by atoms with Crippen molar-refractivity contribution in [2.45, 2.75) is 12.5 Å². The first-order chi connectivity index (χ1) is 6.40. The minimum absolute atomic E-state index is 0.0650. The molecule has 0 amide bonds. The summed E-state index contributed by atoms with van der Waals surface area (Å²) in [6.45, 7) is 0.528. The molecule has 0 aliphatic carbocycles. The van der Waals surface area contributed by atoms with E-state index < -0.39 is 0 Å². The first kappa shape index (κ1) is 8.26. The Morgan fingerprint density at radius 3 is 2.77 bits per heavy atom. The second-order valence-electron chi connectivity index (χ2n) is 3.07. The van der Waals surface area contributed by atoms with Crippen molar-refractivity contribution in [1.82, 2.24) is 0 Å². The number of oxime groups is 1. The van der Waals surface area contributed by atoms with Crippen LogP contribution < -0.4 is 5.73 Å². The van der Waals surface area contributed by atoms with Crippen LogP contribution in [0.5, 0.6) is 0 Å². The molecule has 3 nitrogen and oxygen atoms in total. The lowest BCUT2D eigenvalue weighted by molar-refractivity contribution is 0.0918. The molecule has 1 aromatic carbocycles. The van der Waals surface area contributed by atoms with Gasteiger partial charge in [0.15, 0.2) is 0 Å². The lowest BCUT2D eigenvalue weighted by Crippen LogP contribution is -2.19. The third-order valence-corrected chi connectivity index (χ3v) is 2.10. The summed E-state index contributed by atoms with van der Waals surface area (Å²) in [6.07, 6.45) is 0.885. The van der Waals surface area contributed by atoms with Crippen molar-refractivity contribution in [2.24, 2.45) is 10.9 Å². The van der Waals surface area contributed by atoms with Crippen LogP contribution >= 0.6 is 0 Å². The molecule has 13 heavy (non-hydrogen) atoms. The van der Waals surface area contributed by atoms with Crippen molar-refractivity contribution < 1.29 is 4.84 Å². The second kappa shape index (κ2) is 3.58. The molecule has 68 valence electrons. The number of nitrogens with two attached hydrogens (primary N) is 1. The third-order valence-electron chi connectivity index (χ3n) is 2.10. The molecule has 1 aliphatic heterocycles. The van der Waals surface area contributed by atoms with Crippen LogP contribution in [0.15, 0.2) is 35.5 Å². The van der Waals surface area contributed by atoms with Crippen molar-refractivity contribution >= 4 is 5.71 Å². The van der Waals surface area contributed by atoms with E-state index in [0.29, 0.717) is 6.54 Å². The molecule has 0 aromatic heterocycles. The molecule has 0 bridgehead atoms. The number of nitrogens with zero attached hydrogens (tertiary/aromatic N) is 1. The molecule has 1 atom stereocenters. The van der Waals surface area contributed by atoms with Crippen LogP contribution in [-0.2, 0) is 4.84 Å². The van der Waals surface area contributed by atoms with Gasteiger partial charge >= 0.3 is 0 Å². The van der Waals surface area contributed by atoms with E-state index in [0.717, 1.165) is 17.7 Å². The van der Waals surface area contributed by atoms with Crippen LogP contribution in [-0.4, -0.2) is 18.4 Å². The molecule has 0 saturated heterocycles. The van der Waals surface area contributed by atoms with E-state index in [9.17, 15) is 0 Å². The Morgan fingerprint density at radius 2 is 2.15 bits per heavy atom. The summed E-state index contributed by atoms with van der Waals surface area (Å²) in [6, 6.07) is 10.0. The van der Waals surface area contributed by atoms with Gasteiger partial charge < -0.3 is 10.6 Å². The van der Waals surface area contributed by atoms with E-state index in [1.54, 1.807) is 0 Å².